The summed E-state index contributed by atoms with van der Waals surface area (Å²) in [7, 11) is 0. The molecule has 1 aromatic heterocycles. The van der Waals surface area contributed by atoms with Gasteiger partial charge in [-0.2, -0.15) is 0 Å². The predicted molar refractivity (Wildman–Crippen MR) is 76.7 cm³/mol. The van der Waals surface area contributed by atoms with Gasteiger partial charge in [0.2, 0.25) is 5.88 Å². The van der Waals surface area contributed by atoms with Crippen molar-refractivity contribution in [1.29, 1.82) is 0 Å². The highest BCUT2D eigenvalue weighted by Crippen LogP contribution is 2.17. The fraction of sp³-hybridized carbons (Fsp3) is 0.615. The van der Waals surface area contributed by atoms with Crippen LogP contribution in [0.2, 0.25) is 0 Å². The molecule has 0 fully saturated rings. The maximum absolute atomic E-state index is 5.71. The quantitative estimate of drug-likeness (QED) is 0.734. The summed E-state index contributed by atoms with van der Waals surface area (Å²) in [6.07, 6.45) is 7.86. The molecule has 1 heterocycles. The van der Waals surface area contributed by atoms with Crippen LogP contribution in [0.5, 0.6) is 5.88 Å². The van der Waals surface area contributed by atoms with Crippen molar-refractivity contribution in [2.24, 2.45) is 11.7 Å². The highest BCUT2D eigenvalue weighted by atomic mass is 32.1. The third kappa shape index (κ3) is 4.56. The molecule has 0 bridgehead atoms. The number of hydrogen-bond acceptors (Lipinski definition) is 4. The van der Waals surface area contributed by atoms with E-state index >= 15 is 0 Å². The number of nitrogens with two attached hydrogens (primary N) is 1. The molecule has 1 unspecified atom stereocenters. The van der Waals surface area contributed by atoms with Crippen molar-refractivity contribution in [2.75, 3.05) is 6.61 Å². The van der Waals surface area contributed by atoms with Gasteiger partial charge in [0.1, 0.15) is 4.99 Å². The smallest absolute Gasteiger partial charge is 0.243 e. The van der Waals surface area contributed by atoms with Crippen LogP contribution in [0.15, 0.2) is 12.4 Å². The first-order valence-electron chi connectivity index (χ1n) is 6.42. The Balaban J connectivity index is 2.59. The molecule has 0 aliphatic rings. The molecular formula is C13H21N3OS. The fourth-order valence-electron chi connectivity index (χ4n) is 1.69. The highest BCUT2D eigenvalue weighted by Gasteiger charge is 2.12. The molecule has 0 aliphatic carbocycles. The Morgan fingerprint density at radius 3 is 2.72 bits per heavy atom. The molecule has 0 saturated carbocycles. The summed E-state index contributed by atoms with van der Waals surface area (Å²) in [5, 5.41) is 0. The number of nitrogens with zero attached hydrogens (tertiary/aromatic N) is 2. The zero-order chi connectivity index (χ0) is 13.4. The number of aromatic nitrogens is 2. The average molecular weight is 267 g/mol. The Morgan fingerprint density at radius 1 is 1.39 bits per heavy atom. The monoisotopic (exact) mass is 267 g/mol. The standard InChI is InChI=1S/C13H21N3OS/c1-3-5-6-10(4-2)9-17-13-11(12(14)18)15-7-8-16-13/h7-8,10H,3-6,9H2,1-2H3,(H2,14,18). The van der Waals surface area contributed by atoms with Crippen molar-refractivity contribution in [2.45, 2.75) is 39.5 Å². The van der Waals surface area contributed by atoms with Crippen LogP contribution in [0.4, 0.5) is 0 Å². The van der Waals surface area contributed by atoms with Crippen molar-refractivity contribution in [1.82, 2.24) is 9.97 Å². The van der Waals surface area contributed by atoms with Crippen LogP contribution in [0.1, 0.15) is 45.2 Å². The van der Waals surface area contributed by atoms with E-state index < -0.39 is 0 Å². The summed E-state index contributed by atoms with van der Waals surface area (Å²) in [4.78, 5) is 8.45. The van der Waals surface area contributed by atoms with Crippen molar-refractivity contribution >= 4 is 17.2 Å². The zero-order valence-corrected chi connectivity index (χ0v) is 11.9. The van der Waals surface area contributed by atoms with Gasteiger partial charge in [0.15, 0.2) is 5.69 Å². The Labute approximate surface area is 114 Å². The molecule has 1 aromatic rings. The molecule has 2 N–H and O–H groups in total. The summed E-state index contributed by atoms with van der Waals surface area (Å²) in [6.45, 7) is 5.01. The van der Waals surface area contributed by atoms with Crippen molar-refractivity contribution in [3.8, 4) is 5.88 Å². The molecule has 4 nitrogen and oxygen atoms in total. The van der Waals surface area contributed by atoms with Crippen LogP contribution in [0.25, 0.3) is 0 Å². The largest absolute Gasteiger partial charge is 0.476 e. The van der Waals surface area contributed by atoms with E-state index in [0.29, 0.717) is 24.1 Å². The molecule has 1 atom stereocenters. The van der Waals surface area contributed by atoms with Crippen molar-refractivity contribution < 1.29 is 4.74 Å². The lowest BCUT2D eigenvalue weighted by atomic mass is 10.0. The van der Waals surface area contributed by atoms with Gasteiger partial charge in [-0.3, -0.25) is 0 Å². The number of rotatable bonds is 8. The lowest BCUT2D eigenvalue weighted by molar-refractivity contribution is 0.224. The normalized spacial score (nSPS) is 12.1. The Kier molecular flexibility index (Phi) is 6.57. The third-order valence-corrected chi connectivity index (χ3v) is 3.09. The van der Waals surface area contributed by atoms with Gasteiger partial charge >= 0.3 is 0 Å². The molecule has 0 spiro atoms. The highest BCUT2D eigenvalue weighted by molar-refractivity contribution is 7.80. The van der Waals surface area contributed by atoms with Gasteiger partial charge < -0.3 is 10.5 Å². The molecule has 0 saturated heterocycles. The predicted octanol–water partition coefficient (Wildman–Crippen LogP) is 2.71. The van der Waals surface area contributed by atoms with Gasteiger partial charge in [0, 0.05) is 12.4 Å². The molecule has 0 amide bonds. The lowest BCUT2D eigenvalue weighted by Crippen LogP contribution is -2.17. The number of ether oxygens (including phenoxy) is 1. The topological polar surface area (TPSA) is 61.0 Å². The molecule has 0 aliphatic heterocycles. The summed E-state index contributed by atoms with van der Waals surface area (Å²) >= 11 is 4.92. The van der Waals surface area contributed by atoms with Gasteiger partial charge in [-0.15, -0.1) is 0 Å². The molecule has 1 rings (SSSR count). The molecule has 18 heavy (non-hydrogen) atoms. The van der Waals surface area contributed by atoms with Crippen molar-refractivity contribution in [3.05, 3.63) is 18.1 Å². The summed E-state index contributed by atoms with van der Waals surface area (Å²) in [5.74, 6) is 0.992. The van der Waals surface area contributed by atoms with Gasteiger partial charge in [-0.25, -0.2) is 9.97 Å². The first kappa shape index (κ1) is 14.8. The second-order valence-electron chi connectivity index (χ2n) is 4.30. The molecular weight excluding hydrogens is 246 g/mol. The summed E-state index contributed by atoms with van der Waals surface area (Å²) in [6, 6.07) is 0. The zero-order valence-electron chi connectivity index (χ0n) is 11.1. The summed E-state index contributed by atoms with van der Waals surface area (Å²) in [5.41, 5.74) is 6.05. The van der Waals surface area contributed by atoms with E-state index in [2.05, 4.69) is 23.8 Å². The average Bonchev–Trinajstić information content (AvgIpc) is 2.39. The molecule has 5 heteroatoms. The van der Waals surface area contributed by atoms with Crippen LogP contribution in [-0.4, -0.2) is 21.6 Å². The van der Waals surface area contributed by atoms with E-state index in [0.717, 1.165) is 6.42 Å². The first-order chi connectivity index (χ1) is 8.69. The number of thiocarbonyl (C=S) groups is 1. The van der Waals surface area contributed by atoms with E-state index in [9.17, 15) is 0 Å². The summed E-state index contributed by atoms with van der Waals surface area (Å²) < 4.78 is 5.71. The van der Waals surface area contributed by atoms with Gasteiger partial charge in [0.25, 0.3) is 0 Å². The minimum Gasteiger partial charge on any atom is -0.476 e. The minimum atomic E-state index is 0.222. The molecule has 0 aromatic carbocycles. The first-order valence-corrected chi connectivity index (χ1v) is 6.83. The second-order valence-corrected chi connectivity index (χ2v) is 4.74. The Bertz CT molecular complexity index is 384. The van der Waals surface area contributed by atoms with E-state index in [1.807, 2.05) is 0 Å². The SMILES string of the molecule is CCCCC(CC)COc1nccnc1C(N)=S. The Hall–Kier alpha value is -1.23. The lowest BCUT2D eigenvalue weighted by Gasteiger charge is -2.15. The van der Waals surface area contributed by atoms with Crippen LogP contribution < -0.4 is 10.5 Å². The van der Waals surface area contributed by atoms with E-state index in [-0.39, 0.29) is 4.99 Å². The second kappa shape index (κ2) is 7.97. The van der Waals surface area contributed by atoms with Gasteiger partial charge in [0.05, 0.1) is 6.61 Å². The molecule has 0 radical (unpaired) electrons. The van der Waals surface area contributed by atoms with Crippen LogP contribution in [0, 0.1) is 5.92 Å². The van der Waals surface area contributed by atoms with Crippen LogP contribution in [-0.2, 0) is 0 Å². The van der Waals surface area contributed by atoms with E-state index in [4.69, 9.17) is 22.7 Å². The third-order valence-electron chi connectivity index (χ3n) is 2.90. The molecule has 100 valence electrons. The number of hydrogen-bond donors (Lipinski definition) is 1. The van der Waals surface area contributed by atoms with Crippen LogP contribution >= 0.6 is 12.2 Å². The Morgan fingerprint density at radius 2 is 2.11 bits per heavy atom. The van der Waals surface area contributed by atoms with E-state index in [1.54, 1.807) is 12.4 Å². The fourth-order valence-corrected chi connectivity index (χ4v) is 1.83. The maximum atomic E-state index is 5.71. The van der Waals surface area contributed by atoms with Crippen molar-refractivity contribution in [3.63, 3.8) is 0 Å². The van der Waals surface area contributed by atoms with Crippen LogP contribution in [0.3, 0.4) is 0 Å². The number of unbranched alkanes of at least 4 members (excludes halogenated alkanes) is 1. The van der Waals surface area contributed by atoms with Gasteiger partial charge in [-0.05, 0) is 12.3 Å². The van der Waals surface area contributed by atoms with Gasteiger partial charge in [-0.1, -0.05) is 45.3 Å². The maximum Gasteiger partial charge on any atom is 0.243 e. The minimum absolute atomic E-state index is 0.222. The van der Waals surface area contributed by atoms with E-state index in [1.165, 1.54) is 19.3 Å².